The number of hydrogen-bond acceptors (Lipinski definition) is 12. The molecule has 0 aliphatic rings. The van der Waals surface area contributed by atoms with E-state index in [1.54, 1.807) is 0 Å². The van der Waals surface area contributed by atoms with Crippen LogP contribution in [-0.4, -0.2) is 48.3 Å². The molecule has 13 nitrogen and oxygen atoms in total. The molecule has 0 aliphatic carbocycles. The minimum absolute atomic E-state index is 0. The Labute approximate surface area is 94.4 Å². The molecule has 0 spiro atoms. The maximum atomic E-state index is 9.33. The van der Waals surface area contributed by atoms with Gasteiger partial charge in [0.15, 0.2) is 0 Å². The lowest BCUT2D eigenvalue weighted by molar-refractivity contribution is 0.117. The van der Waals surface area contributed by atoms with Crippen LogP contribution in [0.2, 0.25) is 0 Å². The van der Waals surface area contributed by atoms with Crippen LogP contribution in [0.1, 0.15) is 0 Å². The molecule has 0 atom stereocenters. The van der Waals surface area contributed by atoms with Gasteiger partial charge < -0.3 is 49.9 Å². The summed E-state index contributed by atoms with van der Waals surface area (Å²) in [7, 11) is -7.90. The van der Waals surface area contributed by atoms with Gasteiger partial charge in [-0.25, -0.2) is 0 Å². The van der Waals surface area contributed by atoms with Crippen molar-refractivity contribution in [2.24, 2.45) is 0 Å². The molecule has 0 rings (SSSR count). The smallest absolute Gasteiger partial charge is 0.368 e. The average molecular weight is 293 g/mol. The van der Waals surface area contributed by atoms with Gasteiger partial charge in [0.1, 0.15) is 0 Å². The molecule has 0 radical (unpaired) electrons. The van der Waals surface area contributed by atoms with E-state index in [1.165, 1.54) is 0 Å². The first-order chi connectivity index (χ1) is 4.56. The maximum Gasteiger partial charge on any atom is 0.668 e. The molecule has 0 amide bonds. The van der Waals surface area contributed by atoms with E-state index in [9.17, 15) is 8.42 Å². The maximum absolute atomic E-state index is 9.33. The van der Waals surface area contributed by atoms with E-state index in [-0.39, 0.29) is 30.8 Å². The minimum atomic E-state index is -4.61. The van der Waals surface area contributed by atoms with E-state index in [1.807, 2.05) is 0 Å². The molecule has 0 aromatic heterocycles. The Morgan fingerprint density at radius 1 is 0.875 bits per heavy atom. The summed E-state index contributed by atoms with van der Waals surface area (Å²) in [5.41, 5.74) is 0. The van der Waals surface area contributed by atoms with Crippen LogP contribution < -0.4 is 30.8 Å². The summed E-state index contributed by atoms with van der Waals surface area (Å²) in [6.07, 6.45) is 0. The Morgan fingerprint density at radius 2 is 0.938 bits per heavy atom. The summed E-state index contributed by atoms with van der Waals surface area (Å²) in [6, 6.07) is 0. The van der Waals surface area contributed by atoms with Crippen molar-refractivity contribution in [1.82, 2.24) is 30.8 Å². The van der Waals surface area contributed by atoms with Crippen molar-refractivity contribution in [3.05, 3.63) is 0 Å². The fourth-order valence-electron chi connectivity index (χ4n) is 0. The van der Waals surface area contributed by atoms with E-state index in [4.69, 9.17) is 23.7 Å². The predicted octanol–water partition coefficient (Wildman–Crippen LogP) is -2.36. The highest BCUT2D eigenvalue weighted by Crippen LogP contribution is 1.74. The fourth-order valence-corrected chi connectivity index (χ4v) is 0. The monoisotopic (exact) mass is 293 g/mol. The summed E-state index contributed by atoms with van der Waals surface area (Å²) in [4.78, 5) is 29.3. The SMILES string of the molecule is COS(=O)(=O)O.N.N.N.N.N.O[Si](O)(O)O. The Bertz CT molecular complexity index is 183. The van der Waals surface area contributed by atoms with Gasteiger partial charge >= 0.3 is 19.4 Å². The third-order valence-electron chi connectivity index (χ3n) is 0.211. The molecular formula is CH23N5O8SSi. The van der Waals surface area contributed by atoms with Crippen molar-refractivity contribution in [2.75, 3.05) is 7.11 Å². The molecule has 0 fully saturated rings. The Hall–Kier alpha value is -0.273. The van der Waals surface area contributed by atoms with Crippen LogP contribution >= 0.6 is 0 Å². The van der Waals surface area contributed by atoms with Crippen LogP contribution in [0.4, 0.5) is 0 Å². The van der Waals surface area contributed by atoms with Gasteiger partial charge in [-0.1, -0.05) is 0 Å². The summed E-state index contributed by atoms with van der Waals surface area (Å²) in [5, 5.41) is 0. The third-order valence-corrected chi connectivity index (χ3v) is 0.632. The predicted molar refractivity (Wildman–Crippen MR) is 58.3 cm³/mol. The van der Waals surface area contributed by atoms with Crippen molar-refractivity contribution in [3.63, 3.8) is 0 Å². The minimum Gasteiger partial charge on any atom is -0.368 e. The van der Waals surface area contributed by atoms with E-state index >= 15 is 0 Å². The lowest BCUT2D eigenvalue weighted by atomic mass is 11.8. The van der Waals surface area contributed by atoms with Gasteiger partial charge in [0.05, 0.1) is 7.11 Å². The Balaban J connectivity index is -0.0000000155. The molecule has 0 unspecified atom stereocenters. The summed E-state index contributed by atoms with van der Waals surface area (Å²) in [5.74, 6) is 0. The van der Waals surface area contributed by atoms with Crippen molar-refractivity contribution < 1.29 is 36.3 Å². The molecule has 0 aromatic carbocycles. The lowest BCUT2D eigenvalue weighted by Crippen LogP contribution is -2.33. The lowest BCUT2D eigenvalue weighted by Gasteiger charge is -1.91. The number of rotatable bonds is 1. The summed E-state index contributed by atoms with van der Waals surface area (Å²) < 4.78 is 29.7. The van der Waals surface area contributed by atoms with Crippen LogP contribution in [-0.2, 0) is 14.6 Å². The van der Waals surface area contributed by atoms with Crippen molar-refractivity contribution in [1.29, 1.82) is 0 Å². The molecule has 0 aliphatic heterocycles. The highest BCUT2D eigenvalue weighted by molar-refractivity contribution is 7.80. The zero-order valence-corrected chi connectivity index (χ0v) is 10.7. The van der Waals surface area contributed by atoms with Crippen LogP contribution in [0.5, 0.6) is 0 Å². The van der Waals surface area contributed by atoms with Crippen LogP contribution in [0, 0.1) is 0 Å². The molecule has 16 heavy (non-hydrogen) atoms. The van der Waals surface area contributed by atoms with E-state index < -0.39 is 19.4 Å². The van der Waals surface area contributed by atoms with Gasteiger partial charge in [-0.15, -0.1) is 0 Å². The molecule has 15 heteroatoms. The van der Waals surface area contributed by atoms with Crippen molar-refractivity contribution >= 4 is 19.4 Å². The normalized spacial score (nSPS) is 8.12. The average Bonchev–Trinajstić information content (AvgIpc) is 1.59. The van der Waals surface area contributed by atoms with Gasteiger partial charge in [-0.2, -0.15) is 8.42 Å². The first-order valence-corrected chi connectivity index (χ1v) is 5.14. The van der Waals surface area contributed by atoms with E-state index in [0.29, 0.717) is 0 Å². The largest absolute Gasteiger partial charge is 0.668 e. The molecule has 0 heterocycles. The molecule has 20 N–H and O–H groups in total. The molecule has 0 aromatic rings. The standard InChI is InChI=1S/CH4O4S.5H3N.H4O4Si/c1-5-6(2,3)4;;;;;;1-5(2,3)4/h1H3,(H,2,3,4);5*1H3;1-4H. The van der Waals surface area contributed by atoms with Gasteiger partial charge in [0, 0.05) is 0 Å². The van der Waals surface area contributed by atoms with Crippen LogP contribution in [0.3, 0.4) is 0 Å². The topological polar surface area (TPSA) is 320 Å². The third kappa shape index (κ3) is 299. The van der Waals surface area contributed by atoms with Gasteiger partial charge in [-0.05, 0) is 0 Å². The molecule has 110 valence electrons. The summed E-state index contributed by atoms with van der Waals surface area (Å²) >= 11 is 0. The second-order valence-corrected chi connectivity index (χ2v) is 3.58. The van der Waals surface area contributed by atoms with Gasteiger partial charge in [0.2, 0.25) is 0 Å². The molecular weight excluding hydrogens is 270 g/mol. The molecule has 0 saturated heterocycles. The first kappa shape index (κ1) is 44.8. The van der Waals surface area contributed by atoms with Gasteiger partial charge in [-0.3, -0.25) is 8.74 Å². The molecule has 0 bridgehead atoms. The highest BCUT2D eigenvalue weighted by atomic mass is 32.3. The van der Waals surface area contributed by atoms with Gasteiger partial charge in [0.25, 0.3) is 0 Å². The first-order valence-electron chi connectivity index (χ1n) is 1.99. The fraction of sp³-hybridized carbons (Fsp3) is 1.00. The second-order valence-electron chi connectivity index (χ2n) is 1.19. The second kappa shape index (κ2) is 17.1. The van der Waals surface area contributed by atoms with E-state index in [0.717, 1.165) is 7.11 Å². The quantitative estimate of drug-likeness (QED) is 0.178. The Morgan fingerprint density at radius 3 is 0.938 bits per heavy atom. The van der Waals surface area contributed by atoms with E-state index in [2.05, 4.69) is 4.18 Å². The highest BCUT2D eigenvalue weighted by Gasteiger charge is 2.22. The van der Waals surface area contributed by atoms with Crippen LogP contribution in [0.25, 0.3) is 0 Å². The molecule has 0 saturated carbocycles. The Kier molecular flexibility index (Phi) is 48.0. The van der Waals surface area contributed by atoms with Crippen LogP contribution in [0.15, 0.2) is 0 Å². The van der Waals surface area contributed by atoms with Crippen molar-refractivity contribution in [2.45, 2.75) is 0 Å². The number of hydrogen-bond donors (Lipinski definition) is 10. The summed E-state index contributed by atoms with van der Waals surface area (Å²) in [6.45, 7) is 0. The van der Waals surface area contributed by atoms with Crippen molar-refractivity contribution in [3.8, 4) is 0 Å². The zero-order valence-electron chi connectivity index (χ0n) is 8.90. The zero-order chi connectivity index (χ0) is 9.71.